The number of halogens is 1. The first kappa shape index (κ1) is 21.4. The zero-order valence-corrected chi connectivity index (χ0v) is 18.7. The van der Waals surface area contributed by atoms with E-state index in [1.54, 1.807) is 36.4 Å². The van der Waals surface area contributed by atoms with Crippen molar-refractivity contribution >= 4 is 44.8 Å². The van der Waals surface area contributed by atoms with Crippen LogP contribution in [-0.2, 0) is 10.0 Å². The van der Waals surface area contributed by atoms with E-state index in [-0.39, 0.29) is 4.90 Å². The SMILES string of the molecule is Cc1cc(Nc2ccc(NS(=O)(=O)c3ccc(Cl)cc3)cc2)nc(N2CCCCC2)n1. The summed E-state index contributed by atoms with van der Waals surface area (Å²) in [4.78, 5) is 11.6. The van der Waals surface area contributed by atoms with Crippen LogP contribution in [0.2, 0.25) is 5.02 Å². The molecule has 0 spiro atoms. The lowest BCUT2D eigenvalue weighted by atomic mass is 10.1. The van der Waals surface area contributed by atoms with Crippen LogP contribution in [0.25, 0.3) is 0 Å². The predicted molar refractivity (Wildman–Crippen MR) is 125 cm³/mol. The van der Waals surface area contributed by atoms with E-state index < -0.39 is 10.0 Å². The summed E-state index contributed by atoms with van der Waals surface area (Å²) >= 11 is 5.84. The van der Waals surface area contributed by atoms with Crippen molar-refractivity contribution in [2.24, 2.45) is 0 Å². The molecule has 1 aliphatic rings. The van der Waals surface area contributed by atoms with E-state index in [0.29, 0.717) is 16.5 Å². The molecule has 0 radical (unpaired) electrons. The predicted octanol–water partition coefficient (Wildman–Crippen LogP) is 4.97. The molecular formula is C22H24ClN5O2S. The van der Waals surface area contributed by atoms with E-state index in [9.17, 15) is 8.42 Å². The fourth-order valence-corrected chi connectivity index (χ4v) is 4.63. The largest absolute Gasteiger partial charge is 0.341 e. The van der Waals surface area contributed by atoms with Gasteiger partial charge in [0.2, 0.25) is 5.95 Å². The molecule has 2 heterocycles. The summed E-state index contributed by atoms with van der Waals surface area (Å²) < 4.78 is 27.6. The normalized spacial score (nSPS) is 14.3. The van der Waals surface area contributed by atoms with Gasteiger partial charge in [0.05, 0.1) is 4.90 Å². The van der Waals surface area contributed by atoms with E-state index in [0.717, 1.165) is 43.3 Å². The number of hydrogen-bond donors (Lipinski definition) is 2. The van der Waals surface area contributed by atoms with Crippen LogP contribution in [0.4, 0.5) is 23.1 Å². The number of piperidine rings is 1. The van der Waals surface area contributed by atoms with E-state index in [1.165, 1.54) is 18.6 Å². The third kappa shape index (κ3) is 5.45. The second kappa shape index (κ2) is 9.11. The molecule has 0 saturated carbocycles. The highest BCUT2D eigenvalue weighted by Gasteiger charge is 2.16. The van der Waals surface area contributed by atoms with Crippen LogP contribution in [-0.4, -0.2) is 31.5 Å². The lowest BCUT2D eigenvalue weighted by molar-refractivity contribution is 0.568. The van der Waals surface area contributed by atoms with Gasteiger partial charge in [0.15, 0.2) is 0 Å². The molecule has 7 nitrogen and oxygen atoms in total. The maximum Gasteiger partial charge on any atom is 0.261 e. The van der Waals surface area contributed by atoms with Crippen molar-refractivity contribution in [2.75, 3.05) is 28.0 Å². The molecular weight excluding hydrogens is 434 g/mol. The van der Waals surface area contributed by atoms with Crippen LogP contribution in [0, 0.1) is 6.92 Å². The Morgan fingerprint density at radius 3 is 2.23 bits per heavy atom. The molecule has 0 atom stereocenters. The molecule has 0 unspecified atom stereocenters. The first-order valence-corrected chi connectivity index (χ1v) is 12.0. The van der Waals surface area contributed by atoms with Gasteiger partial charge >= 0.3 is 0 Å². The first-order chi connectivity index (χ1) is 14.9. The maximum atomic E-state index is 12.5. The Morgan fingerprint density at radius 2 is 1.55 bits per heavy atom. The van der Waals surface area contributed by atoms with E-state index in [2.05, 4.69) is 24.9 Å². The molecule has 1 aromatic heterocycles. The van der Waals surface area contributed by atoms with Gasteiger partial charge in [0.1, 0.15) is 5.82 Å². The molecule has 0 amide bonds. The Balaban J connectivity index is 1.46. The molecule has 1 saturated heterocycles. The number of nitrogens with one attached hydrogen (secondary N) is 2. The Morgan fingerprint density at radius 1 is 0.903 bits per heavy atom. The molecule has 0 bridgehead atoms. The average Bonchev–Trinajstić information content (AvgIpc) is 2.75. The maximum absolute atomic E-state index is 12.5. The number of aromatic nitrogens is 2. The van der Waals surface area contributed by atoms with Gasteiger partial charge in [-0.05, 0) is 74.7 Å². The topological polar surface area (TPSA) is 87.2 Å². The highest BCUT2D eigenvalue weighted by molar-refractivity contribution is 7.92. The van der Waals surface area contributed by atoms with Crippen molar-refractivity contribution in [2.45, 2.75) is 31.1 Å². The summed E-state index contributed by atoms with van der Waals surface area (Å²) in [7, 11) is -3.68. The van der Waals surface area contributed by atoms with Crippen molar-refractivity contribution in [3.05, 3.63) is 65.3 Å². The van der Waals surface area contributed by atoms with Crippen LogP contribution >= 0.6 is 11.6 Å². The van der Waals surface area contributed by atoms with Crippen LogP contribution in [0.5, 0.6) is 0 Å². The number of rotatable bonds is 6. The number of nitrogens with zero attached hydrogens (tertiary/aromatic N) is 3. The minimum Gasteiger partial charge on any atom is -0.341 e. The van der Waals surface area contributed by atoms with Gasteiger partial charge in [-0.3, -0.25) is 4.72 Å². The second-order valence-electron chi connectivity index (χ2n) is 7.50. The van der Waals surface area contributed by atoms with Crippen LogP contribution in [0.15, 0.2) is 59.5 Å². The lowest BCUT2D eigenvalue weighted by Crippen LogP contribution is -2.31. The molecule has 3 aromatic rings. The Hall–Kier alpha value is -2.84. The highest BCUT2D eigenvalue weighted by atomic mass is 35.5. The Bertz CT molecular complexity index is 1150. The summed E-state index contributed by atoms with van der Waals surface area (Å²) in [5.74, 6) is 1.46. The molecule has 1 aliphatic heterocycles. The lowest BCUT2D eigenvalue weighted by Gasteiger charge is -2.27. The Labute approximate surface area is 187 Å². The minimum absolute atomic E-state index is 0.154. The molecule has 2 N–H and O–H groups in total. The van der Waals surface area contributed by atoms with Gasteiger partial charge in [-0.25, -0.2) is 13.4 Å². The number of aryl methyl sites for hydroxylation is 1. The Kier molecular flexibility index (Phi) is 6.29. The number of benzene rings is 2. The van der Waals surface area contributed by atoms with Gasteiger partial charge in [0.25, 0.3) is 10.0 Å². The molecule has 31 heavy (non-hydrogen) atoms. The van der Waals surface area contributed by atoms with E-state index >= 15 is 0 Å². The average molecular weight is 458 g/mol. The van der Waals surface area contributed by atoms with Crippen molar-refractivity contribution in [1.29, 1.82) is 0 Å². The molecule has 4 rings (SSSR count). The van der Waals surface area contributed by atoms with Crippen molar-refractivity contribution in [3.8, 4) is 0 Å². The fourth-order valence-electron chi connectivity index (χ4n) is 3.45. The summed E-state index contributed by atoms with van der Waals surface area (Å²) in [5, 5.41) is 3.77. The van der Waals surface area contributed by atoms with Gasteiger partial charge in [-0.2, -0.15) is 4.98 Å². The molecule has 9 heteroatoms. The molecule has 1 fully saturated rings. The number of hydrogen-bond acceptors (Lipinski definition) is 6. The van der Waals surface area contributed by atoms with E-state index in [1.807, 2.05) is 13.0 Å². The highest BCUT2D eigenvalue weighted by Crippen LogP contribution is 2.23. The fraction of sp³-hybridized carbons (Fsp3) is 0.273. The molecule has 0 aliphatic carbocycles. The first-order valence-electron chi connectivity index (χ1n) is 10.2. The third-order valence-electron chi connectivity index (χ3n) is 5.01. The quantitative estimate of drug-likeness (QED) is 0.543. The van der Waals surface area contributed by atoms with Gasteiger partial charge in [-0.15, -0.1) is 0 Å². The van der Waals surface area contributed by atoms with Crippen molar-refractivity contribution in [3.63, 3.8) is 0 Å². The van der Waals surface area contributed by atoms with Gasteiger partial charge < -0.3 is 10.2 Å². The van der Waals surface area contributed by atoms with E-state index in [4.69, 9.17) is 11.6 Å². The summed E-state index contributed by atoms with van der Waals surface area (Å²) in [6.07, 6.45) is 3.57. The van der Waals surface area contributed by atoms with Gasteiger partial charge in [-0.1, -0.05) is 11.6 Å². The van der Waals surface area contributed by atoms with Crippen LogP contribution < -0.4 is 14.9 Å². The van der Waals surface area contributed by atoms with Crippen molar-refractivity contribution < 1.29 is 8.42 Å². The zero-order chi connectivity index (χ0) is 21.8. The minimum atomic E-state index is -3.68. The molecule has 162 valence electrons. The van der Waals surface area contributed by atoms with Crippen LogP contribution in [0.1, 0.15) is 25.0 Å². The summed E-state index contributed by atoms with van der Waals surface area (Å²) in [6.45, 7) is 3.91. The smallest absolute Gasteiger partial charge is 0.261 e. The monoisotopic (exact) mass is 457 g/mol. The van der Waals surface area contributed by atoms with Crippen LogP contribution in [0.3, 0.4) is 0 Å². The van der Waals surface area contributed by atoms with Gasteiger partial charge in [0, 0.05) is 41.2 Å². The summed E-state index contributed by atoms with van der Waals surface area (Å²) in [6, 6.07) is 14.9. The summed E-state index contributed by atoms with van der Waals surface area (Å²) in [5.41, 5.74) is 2.16. The molecule has 2 aromatic carbocycles. The zero-order valence-electron chi connectivity index (χ0n) is 17.2. The number of sulfonamides is 1. The third-order valence-corrected chi connectivity index (χ3v) is 6.66. The van der Waals surface area contributed by atoms with Crippen molar-refractivity contribution in [1.82, 2.24) is 9.97 Å². The number of anilines is 4. The second-order valence-corrected chi connectivity index (χ2v) is 9.62. The standard InChI is InChI=1S/C22H24ClN5O2S/c1-16-15-21(26-22(24-16)28-13-3-2-4-14-28)25-18-7-9-19(10-8-18)27-31(29,30)20-11-5-17(23)6-12-20/h5-12,15,27H,2-4,13-14H2,1H3,(H,24,25,26).